The lowest BCUT2D eigenvalue weighted by Crippen LogP contribution is -2.35. The molecule has 21 heavy (non-hydrogen) atoms. The second kappa shape index (κ2) is 6.32. The van der Waals surface area contributed by atoms with Crippen molar-refractivity contribution in [3.63, 3.8) is 0 Å². The highest BCUT2D eigenvalue weighted by Crippen LogP contribution is 2.38. The van der Waals surface area contributed by atoms with E-state index < -0.39 is 23.5 Å². The van der Waals surface area contributed by atoms with Crippen molar-refractivity contribution in [2.75, 3.05) is 11.9 Å². The van der Waals surface area contributed by atoms with Crippen LogP contribution in [0.4, 0.5) is 23.2 Å². The maximum atomic E-state index is 13.6. The SMILES string of the molecule is NC(=NCC1CCCCC1(F)F)Nc1cc(F)ccc1F. The molecule has 0 radical (unpaired) electrons. The van der Waals surface area contributed by atoms with Crippen LogP contribution >= 0.6 is 0 Å². The first-order valence-electron chi connectivity index (χ1n) is 6.78. The Morgan fingerprint density at radius 2 is 2.10 bits per heavy atom. The largest absolute Gasteiger partial charge is 0.370 e. The predicted molar refractivity (Wildman–Crippen MR) is 73.4 cm³/mol. The van der Waals surface area contributed by atoms with Gasteiger partial charge in [-0.3, -0.25) is 4.99 Å². The highest BCUT2D eigenvalue weighted by molar-refractivity contribution is 5.92. The summed E-state index contributed by atoms with van der Waals surface area (Å²) in [5, 5.41) is 2.39. The van der Waals surface area contributed by atoms with Gasteiger partial charge in [-0.2, -0.15) is 0 Å². The smallest absolute Gasteiger partial charge is 0.252 e. The van der Waals surface area contributed by atoms with Gasteiger partial charge in [0.2, 0.25) is 0 Å². The molecule has 116 valence electrons. The van der Waals surface area contributed by atoms with Crippen LogP contribution in [0.25, 0.3) is 0 Å². The van der Waals surface area contributed by atoms with Crippen molar-refractivity contribution in [3.8, 4) is 0 Å². The molecule has 0 aromatic heterocycles. The average molecular weight is 303 g/mol. The Labute approximate surface area is 120 Å². The summed E-state index contributed by atoms with van der Waals surface area (Å²) in [4.78, 5) is 3.82. The molecule has 0 amide bonds. The van der Waals surface area contributed by atoms with Crippen molar-refractivity contribution in [1.29, 1.82) is 0 Å². The molecule has 1 aromatic rings. The van der Waals surface area contributed by atoms with Gasteiger partial charge in [0, 0.05) is 18.4 Å². The van der Waals surface area contributed by atoms with E-state index in [1.165, 1.54) is 0 Å². The molecule has 7 heteroatoms. The van der Waals surface area contributed by atoms with Gasteiger partial charge >= 0.3 is 0 Å². The zero-order valence-corrected chi connectivity index (χ0v) is 11.4. The molecule has 3 N–H and O–H groups in total. The van der Waals surface area contributed by atoms with Gasteiger partial charge in [0.15, 0.2) is 5.96 Å². The molecule has 0 spiro atoms. The molecule has 1 aliphatic rings. The highest BCUT2D eigenvalue weighted by atomic mass is 19.3. The summed E-state index contributed by atoms with van der Waals surface area (Å²) in [6.45, 7) is -0.136. The Bertz CT molecular complexity index is 531. The molecule has 1 unspecified atom stereocenters. The van der Waals surface area contributed by atoms with Gasteiger partial charge in [-0.15, -0.1) is 0 Å². The first kappa shape index (κ1) is 15.6. The van der Waals surface area contributed by atoms with E-state index in [0.29, 0.717) is 12.8 Å². The predicted octanol–water partition coefficient (Wildman–Crippen LogP) is 3.52. The summed E-state index contributed by atoms with van der Waals surface area (Å²) in [5.41, 5.74) is 5.36. The lowest BCUT2D eigenvalue weighted by atomic mass is 9.86. The number of benzene rings is 1. The van der Waals surface area contributed by atoms with Gasteiger partial charge in [-0.25, -0.2) is 17.6 Å². The second-order valence-corrected chi connectivity index (χ2v) is 5.18. The monoisotopic (exact) mass is 303 g/mol. The van der Waals surface area contributed by atoms with Crippen LogP contribution in [0, 0.1) is 17.6 Å². The summed E-state index contributed by atoms with van der Waals surface area (Å²) in [6.07, 6.45) is 1.49. The number of anilines is 1. The molecule has 1 aromatic carbocycles. The van der Waals surface area contributed by atoms with E-state index in [2.05, 4.69) is 10.3 Å². The Balaban J connectivity index is 1.99. The van der Waals surface area contributed by atoms with E-state index >= 15 is 0 Å². The van der Waals surface area contributed by atoms with E-state index in [4.69, 9.17) is 5.73 Å². The molecular weight excluding hydrogens is 286 g/mol. The van der Waals surface area contributed by atoms with Gasteiger partial charge in [0.05, 0.1) is 12.2 Å². The number of hydrogen-bond acceptors (Lipinski definition) is 1. The summed E-state index contributed by atoms with van der Waals surface area (Å²) in [7, 11) is 0. The molecule has 0 aliphatic heterocycles. The van der Waals surface area contributed by atoms with Gasteiger partial charge in [-0.05, 0) is 25.0 Å². The number of rotatable bonds is 3. The summed E-state index contributed by atoms with van der Waals surface area (Å²) in [6, 6.07) is 2.84. The normalized spacial score (nSPS) is 22.1. The Morgan fingerprint density at radius 1 is 1.33 bits per heavy atom. The van der Waals surface area contributed by atoms with E-state index in [1.54, 1.807) is 0 Å². The maximum Gasteiger partial charge on any atom is 0.252 e. The minimum absolute atomic E-state index is 0.136. The minimum Gasteiger partial charge on any atom is -0.370 e. The summed E-state index contributed by atoms with van der Waals surface area (Å²) < 4.78 is 53.6. The van der Waals surface area contributed by atoms with Gasteiger partial charge in [0.1, 0.15) is 11.6 Å². The number of halogens is 4. The second-order valence-electron chi connectivity index (χ2n) is 5.18. The fraction of sp³-hybridized carbons (Fsp3) is 0.500. The number of aliphatic imine (C=N–C) groups is 1. The van der Waals surface area contributed by atoms with Crippen LogP contribution in [-0.4, -0.2) is 18.4 Å². The van der Waals surface area contributed by atoms with E-state index in [0.717, 1.165) is 24.6 Å². The quantitative estimate of drug-likeness (QED) is 0.510. The average Bonchev–Trinajstić information content (AvgIpc) is 2.41. The molecule has 1 saturated carbocycles. The van der Waals surface area contributed by atoms with E-state index in [1.807, 2.05) is 0 Å². The van der Waals surface area contributed by atoms with Crippen LogP contribution in [0.1, 0.15) is 25.7 Å². The number of nitrogens with two attached hydrogens (primary N) is 1. The first-order valence-corrected chi connectivity index (χ1v) is 6.78. The van der Waals surface area contributed by atoms with Gasteiger partial charge in [-0.1, -0.05) is 6.42 Å². The Morgan fingerprint density at radius 3 is 2.81 bits per heavy atom. The van der Waals surface area contributed by atoms with Crippen molar-refractivity contribution in [1.82, 2.24) is 0 Å². The van der Waals surface area contributed by atoms with Gasteiger partial charge < -0.3 is 11.1 Å². The van der Waals surface area contributed by atoms with E-state index in [9.17, 15) is 17.6 Å². The van der Waals surface area contributed by atoms with Crippen LogP contribution in [0.3, 0.4) is 0 Å². The zero-order chi connectivity index (χ0) is 15.5. The van der Waals surface area contributed by atoms with Crippen LogP contribution in [0.2, 0.25) is 0 Å². The van der Waals surface area contributed by atoms with Crippen molar-refractivity contribution >= 4 is 11.6 Å². The Hall–Kier alpha value is -1.79. The fourth-order valence-corrected chi connectivity index (χ4v) is 2.37. The highest BCUT2D eigenvalue weighted by Gasteiger charge is 2.40. The zero-order valence-electron chi connectivity index (χ0n) is 11.4. The fourth-order valence-electron chi connectivity index (χ4n) is 2.37. The Kier molecular flexibility index (Phi) is 4.69. The number of guanidine groups is 1. The third-order valence-electron chi connectivity index (χ3n) is 3.58. The van der Waals surface area contributed by atoms with Crippen molar-refractivity contribution in [2.24, 2.45) is 16.6 Å². The van der Waals surface area contributed by atoms with Crippen molar-refractivity contribution in [2.45, 2.75) is 31.6 Å². The minimum atomic E-state index is -2.74. The molecule has 2 rings (SSSR count). The summed E-state index contributed by atoms with van der Waals surface area (Å²) in [5.74, 6) is -5.14. The van der Waals surface area contributed by atoms with Crippen LogP contribution in [-0.2, 0) is 0 Å². The molecule has 1 aliphatic carbocycles. The van der Waals surface area contributed by atoms with E-state index in [-0.39, 0.29) is 24.6 Å². The molecular formula is C14H17F4N3. The third-order valence-corrected chi connectivity index (χ3v) is 3.58. The molecule has 0 bridgehead atoms. The van der Waals surface area contributed by atoms with Crippen molar-refractivity contribution < 1.29 is 17.6 Å². The number of nitrogens with one attached hydrogen (secondary N) is 1. The molecule has 0 heterocycles. The first-order chi connectivity index (χ1) is 9.88. The number of hydrogen-bond donors (Lipinski definition) is 2. The summed E-state index contributed by atoms with van der Waals surface area (Å²) >= 11 is 0. The number of nitrogens with zero attached hydrogens (tertiary/aromatic N) is 1. The maximum absolute atomic E-state index is 13.6. The molecule has 1 fully saturated rings. The standard InChI is InChI=1S/C14H17F4N3/c15-10-4-5-11(16)12(7-10)21-13(19)20-8-9-3-1-2-6-14(9,17)18/h4-5,7,9H,1-3,6,8H2,(H3,19,20,21). The van der Waals surface area contributed by atoms with Crippen molar-refractivity contribution in [3.05, 3.63) is 29.8 Å². The third kappa shape index (κ3) is 4.09. The lowest BCUT2D eigenvalue weighted by Gasteiger charge is -2.30. The molecule has 3 nitrogen and oxygen atoms in total. The van der Waals surface area contributed by atoms with Crippen LogP contribution in [0.5, 0.6) is 0 Å². The number of alkyl halides is 2. The topological polar surface area (TPSA) is 50.4 Å². The van der Waals surface area contributed by atoms with Crippen LogP contribution < -0.4 is 11.1 Å². The molecule has 1 atom stereocenters. The van der Waals surface area contributed by atoms with Crippen LogP contribution in [0.15, 0.2) is 23.2 Å². The lowest BCUT2D eigenvalue weighted by molar-refractivity contribution is -0.0814. The van der Waals surface area contributed by atoms with Gasteiger partial charge in [0.25, 0.3) is 5.92 Å². The molecule has 0 saturated heterocycles.